The molecule has 0 saturated heterocycles. The first-order valence-electron chi connectivity index (χ1n) is 5.75. The number of anilines is 1. The predicted octanol–water partition coefficient (Wildman–Crippen LogP) is -1.37. The Morgan fingerprint density at radius 3 is 2.48 bits per heavy atom. The van der Waals surface area contributed by atoms with Gasteiger partial charge in [-0.05, 0) is 6.07 Å². The minimum Gasteiger partial charge on any atom is -0.366 e. The van der Waals surface area contributed by atoms with Gasteiger partial charge in [0.2, 0.25) is 5.95 Å². The number of primary amides is 1. The molecule has 0 spiro atoms. The zero-order valence-electron chi connectivity index (χ0n) is 10.6. The largest absolute Gasteiger partial charge is 0.366 e. The maximum Gasteiger partial charge on any atom is 0.257 e. The van der Waals surface area contributed by atoms with Crippen molar-refractivity contribution >= 4 is 11.9 Å². The van der Waals surface area contributed by atoms with Gasteiger partial charge < -0.3 is 5.73 Å². The quantitative estimate of drug-likeness (QED) is 0.391. The smallest absolute Gasteiger partial charge is 0.257 e. The molecule has 3 heterocycles. The molecule has 3 aromatic heterocycles. The Morgan fingerprint density at radius 2 is 1.90 bits per heavy atom. The zero-order valence-corrected chi connectivity index (χ0v) is 10.6. The van der Waals surface area contributed by atoms with Crippen molar-refractivity contribution in [1.82, 2.24) is 34.5 Å². The molecule has 0 saturated carbocycles. The van der Waals surface area contributed by atoms with E-state index in [2.05, 4.69) is 30.6 Å². The lowest BCUT2D eigenvalue weighted by molar-refractivity contribution is 0.100. The second-order valence-corrected chi connectivity index (χ2v) is 3.89. The van der Waals surface area contributed by atoms with Crippen LogP contribution in [0.3, 0.4) is 0 Å². The molecule has 106 valence electrons. The summed E-state index contributed by atoms with van der Waals surface area (Å²) in [7, 11) is 0. The molecular weight excluding hydrogens is 276 g/mol. The molecule has 1 amide bonds. The van der Waals surface area contributed by atoms with Gasteiger partial charge in [-0.15, -0.1) is 0 Å². The first kappa shape index (κ1) is 12.7. The molecule has 0 aromatic carbocycles. The molecule has 3 rings (SSSR count). The average molecular weight is 286 g/mol. The maximum absolute atomic E-state index is 11.1. The van der Waals surface area contributed by atoms with Crippen LogP contribution in [0.1, 0.15) is 10.4 Å². The summed E-state index contributed by atoms with van der Waals surface area (Å²) in [5.74, 6) is 5.27. The summed E-state index contributed by atoms with van der Waals surface area (Å²) in [5, 5.41) is 7.99. The number of nitrogens with two attached hydrogens (primary N) is 2. The van der Waals surface area contributed by atoms with Crippen molar-refractivity contribution in [3.05, 3.63) is 36.4 Å². The number of amides is 1. The zero-order chi connectivity index (χ0) is 14.8. The fourth-order valence-corrected chi connectivity index (χ4v) is 1.57. The number of nitrogens with zero attached hydrogens (tertiary/aromatic N) is 7. The minimum atomic E-state index is -0.597. The highest BCUT2D eigenvalue weighted by atomic mass is 16.1. The van der Waals surface area contributed by atoms with Gasteiger partial charge in [0.15, 0.2) is 0 Å². The van der Waals surface area contributed by atoms with Crippen molar-refractivity contribution < 1.29 is 4.79 Å². The van der Waals surface area contributed by atoms with Gasteiger partial charge in [-0.3, -0.25) is 10.2 Å². The van der Waals surface area contributed by atoms with Crippen LogP contribution in [0.15, 0.2) is 30.9 Å². The summed E-state index contributed by atoms with van der Waals surface area (Å²) >= 11 is 0. The summed E-state index contributed by atoms with van der Waals surface area (Å²) in [5.41, 5.74) is 7.74. The highest BCUT2D eigenvalue weighted by Gasteiger charge is 2.12. The van der Waals surface area contributed by atoms with Gasteiger partial charge in [0, 0.05) is 18.6 Å². The van der Waals surface area contributed by atoms with E-state index in [1.807, 2.05) is 0 Å². The van der Waals surface area contributed by atoms with E-state index in [0.717, 1.165) is 0 Å². The molecule has 3 aromatic rings. The van der Waals surface area contributed by atoms with E-state index < -0.39 is 5.91 Å². The molecule has 0 atom stereocenters. The van der Waals surface area contributed by atoms with Crippen LogP contribution in [0.25, 0.3) is 11.9 Å². The van der Waals surface area contributed by atoms with Crippen molar-refractivity contribution in [2.24, 2.45) is 11.6 Å². The van der Waals surface area contributed by atoms with Crippen LogP contribution in [0.5, 0.6) is 0 Å². The number of nitrogens with one attached hydrogen (secondary N) is 1. The van der Waals surface area contributed by atoms with Gasteiger partial charge in [-0.2, -0.15) is 25.1 Å². The summed E-state index contributed by atoms with van der Waals surface area (Å²) in [6.07, 6.45) is 5.97. The Morgan fingerprint density at radius 1 is 1.14 bits per heavy atom. The fraction of sp³-hybridized carbons (Fsp3) is 0. The van der Waals surface area contributed by atoms with E-state index in [9.17, 15) is 4.79 Å². The third kappa shape index (κ3) is 2.40. The average Bonchev–Trinajstić information content (AvgIpc) is 3.18. The van der Waals surface area contributed by atoms with Gasteiger partial charge >= 0.3 is 0 Å². The summed E-state index contributed by atoms with van der Waals surface area (Å²) in [4.78, 5) is 23.4. The SMILES string of the molecule is NNc1nc(-n2cccn2)nc(-n2cc(C(N)=O)cn2)n1. The first-order chi connectivity index (χ1) is 10.2. The first-order valence-corrected chi connectivity index (χ1v) is 5.75. The molecule has 0 aliphatic heterocycles. The third-order valence-corrected chi connectivity index (χ3v) is 2.52. The second kappa shape index (κ2) is 4.97. The molecule has 11 nitrogen and oxygen atoms in total. The van der Waals surface area contributed by atoms with E-state index in [1.165, 1.54) is 21.8 Å². The Kier molecular flexibility index (Phi) is 3.00. The number of hydrogen-bond acceptors (Lipinski definition) is 8. The molecule has 0 radical (unpaired) electrons. The highest BCUT2D eigenvalue weighted by molar-refractivity contribution is 5.92. The van der Waals surface area contributed by atoms with E-state index in [0.29, 0.717) is 0 Å². The lowest BCUT2D eigenvalue weighted by Gasteiger charge is -2.05. The van der Waals surface area contributed by atoms with Crippen LogP contribution in [0.2, 0.25) is 0 Å². The normalized spacial score (nSPS) is 10.5. The summed E-state index contributed by atoms with van der Waals surface area (Å²) in [6, 6.07) is 1.72. The van der Waals surface area contributed by atoms with Crippen LogP contribution >= 0.6 is 0 Å². The number of hydrogen-bond donors (Lipinski definition) is 3. The maximum atomic E-state index is 11.1. The lowest BCUT2D eigenvalue weighted by Crippen LogP contribution is -2.16. The van der Waals surface area contributed by atoms with Crippen LogP contribution in [0, 0.1) is 0 Å². The van der Waals surface area contributed by atoms with Crippen molar-refractivity contribution in [2.45, 2.75) is 0 Å². The molecular formula is C10H10N10O. The van der Waals surface area contributed by atoms with Gasteiger partial charge in [0.25, 0.3) is 17.8 Å². The predicted molar refractivity (Wildman–Crippen MR) is 70.4 cm³/mol. The molecule has 0 bridgehead atoms. The second-order valence-electron chi connectivity index (χ2n) is 3.89. The number of hydrazine groups is 1. The Bertz CT molecular complexity index is 777. The van der Waals surface area contributed by atoms with Gasteiger partial charge in [0.1, 0.15) is 0 Å². The van der Waals surface area contributed by atoms with Crippen LogP contribution < -0.4 is 17.0 Å². The Labute approximate surface area is 117 Å². The number of rotatable bonds is 4. The molecule has 21 heavy (non-hydrogen) atoms. The minimum absolute atomic E-state index is 0.127. The van der Waals surface area contributed by atoms with Crippen LogP contribution in [-0.2, 0) is 0 Å². The van der Waals surface area contributed by atoms with E-state index in [-0.39, 0.29) is 23.4 Å². The molecule has 0 fully saturated rings. The number of nitrogen functional groups attached to an aromatic ring is 1. The van der Waals surface area contributed by atoms with Gasteiger partial charge in [-0.1, -0.05) is 0 Å². The van der Waals surface area contributed by atoms with Crippen molar-refractivity contribution in [3.8, 4) is 11.9 Å². The topological polar surface area (TPSA) is 155 Å². The highest BCUT2D eigenvalue weighted by Crippen LogP contribution is 2.08. The number of carbonyl (C=O) groups is 1. The van der Waals surface area contributed by atoms with Crippen molar-refractivity contribution in [2.75, 3.05) is 5.43 Å². The Balaban J connectivity index is 2.09. The molecule has 0 aliphatic carbocycles. The molecule has 11 heteroatoms. The summed E-state index contributed by atoms with van der Waals surface area (Å²) in [6.45, 7) is 0. The number of aromatic nitrogens is 7. The fourth-order valence-electron chi connectivity index (χ4n) is 1.57. The third-order valence-electron chi connectivity index (χ3n) is 2.52. The lowest BCUT2D eigenvalue weighted by atomic mass is 10.4. The van der Waals surface area contributed by atoms with Crippen LogP contribution in [-0.4, -0.2) is 40.4 Å². The van der Waals surface area contributed by atoms with Gasteiger partial charge in [-0.25, -0.2) is 15.2 Å². The van der Waals surface area contributed by atoms with E-state index in [4.69, 9.17) is 11.6 Å². The molecule has 5 N–H and O–H groups in total. The summed E-state index contributed by atoms with van der Waals surface area (Å²) < 4.78 is 2.72. The Hall–Kier alpha value is -3.34. The molecule has 0 unspecified atom stereocenters. The number of carbonyl (C=O) groups excluding carboxylic acids is 1. The van der Waals surface area contributed by atoms with Gasteiger partial charge in [0.05, 0.1) is 11.8 Å². The molecule has 0 aliphatic rings. The van der Waals surface area contributed by atoms with E-state index >= 15 is 0 Å². The van der Waals surface area contributed by atoms with E-state index in [1.54, 1.807) is 18.5 Å². The standard InChI is InChI=1S/C10H10N10O/c11-7(21)6-4-14-20(5-6)10-16-8(18-12)15-9(17-10)19-3-1-2-13-19/h1-5H,12H2,(H2,11,21)(H,15,16,17,18). The van der Waals surface area contributed by atoms with Crippen molar-refractivity contribution in [1.29, 1.82) is 0 Å². The van der Waals surface area contributed by atoms with Crippen molar-refractivity contribution in [3.63, 3.8) is 0 Å². The monoisotopic (exact) mass is 286 g/mol. The van der Waals surface area contributed by atoms with Crippen LogP contribution in [0.4, 0.5) is 5.95 Å².